The molecule has 1 heterocycles. The standard InChI is InChI=1S/C10H20N2O/c1-3-8(2)12-10(13)9-6-4-5-7-11-9/h8-9,11H,3-7H2,1-2H3,(H,12,13)/t8-,9-/m0/s1. The van der Waals surface area contributed by atoms with Crippen molar-refractivity contribution in [3.05, 3.63) is 0 Å². The van der Waals surface area contributed by atoms with Crippen LogP contribution in [0.25, 0.3) is 0 Å². The summed E-state index contributed by atoms with van der Waals surface area (Å²) in [5.41, 5.74) is 0. The first kappa shape index (κ1) is 10.5. The number of amides is 1. The Kier molecular flexibility index (Phi) is 4.22. The molecule has 2 N–H and O–H groups in total. The van der Waals surface area contributed by atoms with Crippen LogP contribution in [0.4, 0.5) is 0 Å². The monoisotopic (exact) mass is 184 g/mol. The Bertz CT molecular complexity index is 164. The molecule has 0 aromatic rings. The zero-order valence-electron chi connectivity index (χ0n) is 8.60. The van der Waals surface area contributed by atoms with Gasteiger partial charge in [0.2, 0.25) is 5.91 Å². The van der Waals surface area contributed by atoms with Gasteiger partial charge in [-0.1, -0.05) is 13.3 Å². The number of carbonyl (C=O) groups excluding carboxylic acids is 1. The van der Waals surface area contributed by atoms with Crippen LogP contribution in [0.2, 0.25) is 0 Å². The van der Waals surface area contributed by atoms with Crippen molar-refractivity contribution >= 4 is 5.91 Å². The van der Waals surface area contributed by atoms with Crippen LogP contribution < -0.4 is 10.6 Å². The fourth-order valence-electron chi connectivity index (χ4n) is 1.52. The summed E-state index contributed by atoms with van der Waals surface area (Å²) in [7, 11) is 0. The molecule has 0 aromatic heterocycles. The average molecular weight is 184 g/mol. The average Bonchev–Trinajstić information content (AvgIpc) is 2.19. The Morgan fingerprint density at radius 1 is 1.62 bits per heavy atom. The van der Waals surface area contributed by atoms with E-state index in [4.69, 9.17) is 0 Å². The zero-order chi connectivity index (χ0) is 9.68. The molecule has 3 heteroatoms. The van der Waals surface area contributed by atoms with Crippen LogP contribution in [-0.2, 0) is 4.79 Å². The third kappa shape index (κ3) is 3.35. The van der Waals surface area contributed by atoms with Crippen molar-refractivity contribution < 1.29 is 4.79 Å². The Morgan fingerprint density at radius 3 is 2.92 bits per heavy atom. The Morgan fingerprint density at radius 2 is 2.38 bits per heavy atom. The lowest BCUT2D eigenvalue weighted by molar-refractivity contribution is -0.124. The van der Waals surface area contributed by atoms with Crippen molar-refractivity contribution in [3.63, 3.8) is 0 Å². The SMILES string of the molecule is CC[C@H](C)NC(=O)[C@@H]1CCCCN1. The Labute approximate surface area is 80.3 Å². The lowest BCUT2D eigenvalue weighted by Gasteiger charge is -2.24. The van der Waals surface area contributed by atoms with Crippen LogP contribution in [0.1, 0.15) is 39.5 Å². The molecule has 1 aliphatic rings. The van der Waals surface area contributed by atoms with E-state index >= 15 is 0 Å². The molecule has 1 fully saturated rings. The zero-order valence-corrected chi connectivity index (χ0v) is 8.60. The Balaban J connectivity index is 2.29. The second-order valence-corrected chi connectivity index (χ2v) is 3.82. The van der Waals surface area contributed by atoms with Crippen LogP contribution in [0, 0.1) is 0 Å². The maximum absolute atomic E-state index is 11.6. The third-order valence-electron chi connectivity index (χ3n) is 2.63. The summed E-state index contributed by atoms with van der Waals surface area (Å²) < 4.78 is 0. The first-order chi connectivity index (χ1) is 6.24. The van der Waals surface area contributed by atoms with Crippen LogP contribution in [0.15, 0.2) is 0 Å². The molecule has 0 unspecified atom stereocenters. The summed E-state index contributed by atoms with van der Waals surface area (Å²) in [6.07, 6.45) is 4.36. The minimum absolute atomic E-state index is 0.0581. The van der Waals surface area contributed by atoms with Crippen LogP contribution in [0.5, 0.6) is 0 Å². The van der Waals surface area contributed by atoms with Crippen molar-refractivity contribution in [2.75, 3.05) is 6.54 Å². The van der Waals surface area contributed by atoms with E-state index in [-0.39, 0.29) is 11.9 Å². The van der Waals surface area contributed by atoms with E-state index in [2.05, 4.69) is 17.6 Å². The van der Waals surface area contributed by atoms with Gasteiger partial charge in [-0.2, -0.15) is 0 Å². The van der Waals surface area contributed by atoms with Gasteiger partial charge in [0, 0.05) is 6.04 Å². The van der Waals surface area contributed by atoms with Gasteiger partial charge in [0.25, 0.3) is 0 Å². The van der Waals surface area contributed by atoms with Gasteiger partial charge in [-0.25, -0.2) is 0 Å². The van der Waals surface area contributed by atoms with Gasteiger partial charge in [0.1, 0.15) is 0 Å². The number of hydrogen-bond donors (Lipinski definition) is 2. The lowest BCUT2D eigenvalue weighted by atomic mass is 10.0. The summed E-state index contributed by atoms with van der Waals surface area (Å²) in [5, 5.41) is 6.23. The van der Waals surface area contributed by atoms with Gasteiger partial charge < -0.3 is 10.6 Å². The Hall–Kier alpha value is -0.570. The smallest absolute Gasteiger partial charge is 0.237 e. The summed E-state index contributed by atoms with van der Waals surface area (Å²) in [6.45, 7) is 5.11. The van der Waals surface area contributed by atoms with Crippen LogP contribution >= 0.6 is 0 Å². The fourth-order valence-corrected chi connectivity index (χ4v) is 1.52. The second-order valence-electron chi connectivity index (χ2n) is 3.82. The van der Waals surface area contributed by atoms with Crippen molar-refractivity contribution in [2.45, 2.75) is 51.6 Å². The molecule has 0 aliphatic carbocycles. The quantitative estimate of drug-likeness (QED) is 0.688. The molecule has 0 bridgehead atoms. The van der Waals surface area contributed by atoms with Gasteiger partial charge >= 0.3 is 0 Å². The predicted octanol–water partition coefficient (Wildman–Crippen LogP) is 1.04. The largest absolute Gasteiger partial charge is 0.352 e. The molecule has 3 nitrogen and oxygen atoms in total. The number of carbonyl (C=O) groups is 1. The molecular formula is C10H20N2O. The van der Waals surface area contributed by atoms with Crippen LogP contribution in [0.3, 0.4) is 0 Å². The maximum atomic E-state index is 11.6. The van der Waals surface area contributed by atoms with Crippen molar-refractivity contribution in [1.29, 1.82) is 0 Å². The molecule has 0 radical (unpaired) electrons. The van der Waals surface area contributed by atoms with E-state index < -0.39 is 0 Å². The van der Waals surface area contributed by atoms with E-state index in [1.807, 2.05) is 6.92 Å². The molecule has 76 valence electrons. The summed E-state index contributed by atoms with van der Waals surface area (Å²) in [4.78, 5) is 11.6. The highest BCUT2D eigenvalue weighted by Gasteiger charge is 2.20. The van der Waals surface area contributed by atoms with Gasteiger partial charge in [0.15, 0.2) is 0 Å². The molecular weight excluding hydrogens is 164 g/mol. The van der Waals surface area contributed by atoms with Gasteiger partial charge in [-0.3, -0.25) is 4.79 Å². The molecule has 1 amide bonds. The molecule has 0 spiro atoms. The number of hydrogen-bond acceptors (Lipinski definition) is 2. The second kappa shape index (κ2) is 5.22. The van der Waals surface area contributed by atoms with E-state index in [9.17, 15) is 4.79 Å². The lowest BCUT2D eigenvalue weighted by Crippen LogP contribution is -2.48. The molecule has 1 aliphatic heterocycles. The maximum Gasteiger partial charge on any atom is 0.237 e. The van der Waals surface area contributed by atoms with E-state index in [1.165, 1.54) is 12.8 Å². The van der Waals surface area contributed by atoms with E-state index in [1.54, 1.807) is 0 Å². The summed E-state index contributed by atoms with van der Waals surface area (Å²) >= 11 is 0. The molecule has 0 saturated carbocycles. The fraction of sp³-hybridized carbons (Fsp3) is 0.900. The minimum Gasteiger partial charge on any atom is -0.352 e. The number of rotatable bonds is 3. The molecule has 1 saturated heterocycles. The van der Waals surface area contributed by atoms with Gasteiger partial charge in [-0.15, -0.1) is 0 Å². The highest BCUT2D eigenvalue weighted by atomic mass is 16.2. The van der Waals surface area contributed by atoms with Crippen molar-refractivity contribution in [2.24, 2.45) is 0 Å². The van der Waals surface area contributed by atoms with Crippen molar-refractivity contribution in [3.8, 4) is 0 Å². The highest BCUT2D eigenvalue weighted by Crippen LogP contribution is 2.07. The third-order valence-corrected chi connectivity index (χ3v) is 2.63. The molecule has 0 aromatic carbocycles. The summed E-state index contributed by atoms with van der Waals surface area (Å²) in [6, 6.07) is 0.360. The first-order valence-corrected chi connectivity index (χ1v) is 5.27. The predicted molar refractivity (Wildman–Crippen MR) is 53.5 cm³/mol. The highest BCUT2D eigenvalue weighted by molar-refractivity contribution is 5.82. The normalized spacial score (nSPS) is 25.2. The van der Waals surface area contributed by atoms with Crippen molar-refractivity contribution in [1.82, 2.24) is 10.6 Å². The van der Waals surface area contributed by atoms with Crippen LogP contribution in [-0.4, -0.2) is 24.5 Å². The number of piperidine rings is 1. The van der Waals surface area contributed by atoms with Gasteiger partial charge in [0.05, 0.1) is 6.04 Å². The van der Waals surface area contributed by atoms with Gasteiger partial charge in [-0.05, 0) is 32.7 Å². The molecule has 1 rings (SSSR count). The topological polar surface area (TPSA) is 41.1 Å². The van der Waals surface area contributed by atoms with E-state index in [0.29, 0.717) is 6.04 Å². The number of nitrogens with one attached hydrogen (secondary N) is 2. The van der Waals surface area contributed by atoms with E-state index in [0.717, 1.165) is 19.4 Å². The molecule has 13 heavy (non-hydrogen) atoms. The minimum atomic E-state index is 0.0581. The summed E-state index contributed by atoms with van der Waals surface area (Å²) in [5.74, 6) is 0.175. The molecule has 2 atom stereocenters. The first-order valence-electron chi connectivity index (χ1n) is 5.27.